The maximum Gasteiger partial charge on any atom is 0.254 e. The van der Waals surface area contributed by atoms with Gasteiger partial charge in [0.1, 0.15) is 18.5 Å². The molecule has 2 aliphatic rings. The van der Waals surface area contributed by atoms with Crippen LogP contribution in [0.5, 0.6) is 0 Å². The zero-order chi connectivity index (χ0) is 19.6. The quantitative estimate of drug-likeness (QED) is 0.790. The number of morpholine rings is 1. The van der Waals surface area contributed by atoms with Crippen LogP contribution in [-0.2, 0) is 21.4 Å². The van der Waals surface area contributed by atoms with Gasteiger partial charge in [0, 0.05) is 39.1 Å². The van der Waals surface area contributed by atoms with Crippen molar-refractivity contribution >= 4 is 11.8 Å². The molecule has 1 unspecified atom stereocenters. The number of likely N-dealkylation sites (N-methyl/N-ethyl adjacent to an activating group) is 2. The molecule has 7 heteroatoms. The first kappa shape index (κ1) is 19.9. The van der Waals surface area contributed by atoms with Crippen LogP contribution in [0.4, 0.5) is 0 Å². The minimum atomic E-state index is -0.722. The molecule has 3 rings (SSSR count). The molecule has 150 valence electrons. The van der Waals surface area contributed by atoms with Gasteiger partial charge in [-0.3, -0.25) is 9.59 Å². The fourth-order valence-electron chi connectivity index (χ4n) is 4.50. The Bertz CT molecular complexity index is 668. The fraction of sp³-hybridized carbons (Fsp3) is 0.750. The Balaban J connectivity index is 1.84. The van der Waals surface area contributed by atoms with E-state index in [0.29, 0.717) is 18.3 Å². The summed E-state index contributed by atoms with van der Waals surface area (Å²) < 4.78 is 7.66. The van der Waals surface area contributed by atoms with Crippen molar-refractivity contribution in [3.63, 3.8) is 0 Å². The monoisotopic (exact) mass is 376 g/mol. The Morgan fingerprint density at radius 2 is 2.07 bits per heavy atom. The summed E-state index contributed by atoms with van der Waals surface area (Å²) in [4.78, 5) is 33.8. The number of rotatable bonds is 5. The number of hydrogen-bond donors (Lipinski definition) is 0. The molecule has 3 atom stereocenters. The van der Waals surface area contributed by atoms with Crippen LogP contribution in [0, 0.1) is 5.92 Å². The van der Waals surface area contributed by atoms with E-state index in [1.165, 1.54) is 32.1 Å². The lowest BCUT2D eigenvalue weighted by atomic mass is 9.84. The highest BCUT2D eigenvalue weighted by Gasteiger charge is 2.45. The lowest BCUT2D eigenvalue weighted by Crippen LogP contribution is -2.56. The van der Waals surface area contributed by atoms with E-state index in [2.05, 4.69) is 11.9 Å². The van der Waals surface area contributed by atoms with Crippen LogP contribution >= 0.6 is 0 Å². The van der Waals surface area contributed by atoms with Crippen LogP contribution in [0.2, 0.25) is 0 Å². The maximum atomic E-state index is 13.4. The number of carbonyl (C=O) groups excluding carboxylic acids is 2. The molecule has 1 saturated heterocycles. The zero-order valence-electron chi connectivity index (χ0n) is 16.9. The highest BCUT2D eigenvalue weighted by Crippen LogP contribution is 2.33. The smallest absolute Gasteiger partial charge is 0.254 e. The van der Waals surface area contributed by atoms with E-state index in [1.807, 2.05) is 36.7 Å². The molecule has 2 fully saturated rings. The minimum Gasteiger partial charge on any atom is -0.356 e. The van der Waals surface area contributed by atoms with Crippen molar-refractivity contribution < 1.29 is 14.3 Å². The topological polar surface area (TPSA) is 67.7 Å². The van der Waals surface area contributed by atoms with Gasteiger partial charge in [-0.05, 0) is 32.6 Å². The fourth-order valence-corrected chi connectivity index (χ4v) is 4.50. The van der Waals surface area contributed by atoms with Gasteiger partial charge >= 0.3 is 0 Å². The minimum absolute atomic E-state index is 0.0587. The average molecular weight is 377 g/mol. The average Bonchev–Trinajstić information content (AvgIpc) is 3.12. The first-order chi connectivity index (χ1) is 13.0. The number of amides is 2. The molecule has 0 bridgehead atoms. The van der Waals surface area contributed by atoms with Crippen LogP contribution in [0.1, 0.15) is 57.8 Å². The highest BCUT2D eigenvalue weighted by molar-refractivity contribution is 5.86. The number of carbonyl (C=O) groups is 2. The number of hydrogen-bond acceptors (Lipinski definition) is 4. The van der Waals surface area contributed by atoms with Crippen molar-refractivity contribution in [1.82, 2.24) is 19.4 Å². The third-order valence-electron chi connectivity index (χ3n) is 6.33. The Morgan fingerprint density at radius 1 is 1.37 bits per heavy atom. The molecular formula is C20H32N4O3. The molecule has 0 spiro atoms. The molecule has 2 amide bonds. The molecule has 7 nitrogen and oxygen atoms in total. The first-order valence-electron chi connectivity index (χ1n) is 10.1. The van der Waals surface area contributed by atoms with Crippen molar-refractivity contribution in [3.05, 3.63) is 18.2 Å². The summed E-state index contributed by atoms with van der Waals surface area (Å²) in [6, 6.07) is -0.333. The first-order valence-corrected chi connectivity index (χ1v) is 10.1. The maximum absolute atomic E-state index is 13.4. The van der Waals surface area contributed by atoms with Crippen LogP contribution in [0.25, 0.3) is 0 Å². The summed E-state index contributed by atoms with van der Waals surface area (Å²) in [5.41, 5.74) is 0. The van der Waals surface area contributed by atoms with E-state index in [0.717, 1.165) is 0 Å². The summed E-state index contributed by atoms with van der Waals surface area (Å²) >= 11 is 0. The van der Waals surface area contributed by atoms with E-state index >= 15 is 0 Å². The molecule has 1 aromatic rings. The van der Waals surface area contributed by atoms with Crippen molar-refractivity contribution in [1.29, 1.82) is 0 Å². The van der Waals surface area contributed by atoms with Crippen LogP contribution < -0.4 is 0 Å². The molecule has 1 aliphatic carbocycles. The Morgan fingerprint density at radius 3 is 2.67 bits per heavy atom. The van der Waals surface area contributed by atoms with Crippen LogP contribution in [0.15, 0.2) is 12.4 Å². The van der Waals surface area contributed by atoms with Crippen LogP contribution in [0.3, 0.4) is 0 Å². The van der Waals surface area contributed by atoms with E-state index in [-0.39, 0.29) is 24.5 Å². The number of aromatic nitrogens is 2. The van der Waals surface area contributed by atoms with Gasteiger partial charge in [-0.2, -0.15) is 0 Å². The highest BCUT2D eigenvalue weighted by atomic mass is 16.5. The van der Waals surface area contributed by atoms with Gasteiger partial charge in [0.05, 0.1) is 0 Å². The summed E-state index contributed by atoms with van der Waals surface area (Å²) in [6.07, 6.45) is 8.92. The molecule has 0 N–H and O–H groups in total. The summed E-state index contributed by atoms with van der Waals surface area (Å²) in [6.45, 7) is 4.52. The third kappa shape index (κ3) is 3.88. The van der Waals surface area contributed by atoms with E-state index in [1.54, 1.807) is 11.1 Å². The number of aryl methyl sites for hydroxylation is 1. The predicted octanol–water partition coefficient (Wildman–Crippen LogP) is 2.14. The molecule has 0 radical (unpaired) electrons. The second-order valence-electron chi connectivity index (χ2n) is 7.84. The standard InChI is InChI=1S/C20H32N4O3/c1-5-24-16(25)13-27-18(17(24)19-21-11-12-22(19)3)20(26)23(4)14(2)15-9-7-6-8-10-15/h11-12,14-15,17-18H,5-10,13H2,1-4H3/t14?,17-,18-/m0/s1. The summed E-state index contributed by atoms with van der Waals surface area (Å²) in [7, 11) is 3.75. The van der Waals surface area contributed by atoms with Crippen molar-refractivity contribution in [3.8, 4) is 0 Å². The summed E-state index contributed by atoms with van der Waals surface area (Å²) in [5.74, 6) is 1.05. The van der Waals surface area contributed by atoms with Gasteiger partial charge in [-0.15, -0.1) is 0 Å². The second-order valence-corrected chi connectivity index (χ2v) is 7.84. The van der Waals surface area contributed by atoms with Crippen LogP contribution in [-0.4, -0.2) is 63.5 Å². The van der Waals surface area contributed by atoms with Gasteiger partial charge in [-0.25, -0.2) is 4.98 Å². The Hall–Kier alpha value is -1.89. The molecule has 1 saturated carbocycles. The predicted molar refractivity (Wildman–Crippen MR) is 102 cm³/mol. The third-order valence-corrected chi connectivity index (χ3v) is 6.33. The van der Waals surface area contributed by atoms with Crippen molar-refractivity contribution in [2.24, 2.45) is 13.0 Å². The van der Waals surface area contributed by atoms with Crippen molar-refractivity contribution in [2.75, 3.05) is 20.2 Å². The Labute approximate surface area is 161 Å². The second kappa shape index (κ2) is 8.42. The molecule has 2 heterocycles. The van der Waals surface area contributed by atoms with Gasteiger partial charge in [-0.1, -0.05) is 19.3 Å². The molecular weight excluding hydrogens is 344 g/mol. The van der Waals surface area contributed by atoms with Crippen molar-refractivity contribution in [2.45, 2.75) is 64.1 Å². The SMILES string of the molecule is CCN1C(=O)CO[C@H](C(=O)N(C)C(C)C2CCCCC2)[C@H]1c1nccn1C. The van der Waals surface area contributed by atoms with E-state index < -0.39 is 12.1 Å². The molecule has 1 aliphatic heterocycles. The normalized spacial score (nSPS) is 25.5. The number of nitrogens with zero attached hydrogens (tertiary/aromatic N) is 4. The molecule has 27 heavy (non-hydrogen) atoms. The lowest BCUT2D eigenvalue weighted by molar-refractivity contribution is -0.170. The molecule has 1 aromatic heterocycles. The largest absolute Gasteiger partial charge is 0.356 e. The van der Waals surface area contributed by atoms with Gasteiger partial charge in [0.25, 0.3) is 5.91 Å². The van der Waals surface area contributed by atoms with Gasteiger partial charge in [0.15, 0.2) is 6.10 Å². The van der Waals surface area contributed by atoms with E-state index in [9.17, 15) is 9.59 Å². The van der Waals surface area contributed by atoms with Gasteiger partial charge in [0.2, 0.25) is 5.91 Å². The number of imidazole rings is 1. The number of ether oxygens (including phenoxy) is 1. The molecule has 0 aromatic carbocycles. The summed E-state index contributed by atoms with van der Waals surface area (Å²) in [5, 5.41) is 0. The van der Waals surface area contributed by atoms with E-state index in [4.69, 9.17) is 4.74 Å². The Kier molecular flexibility index (Phi) is 6.19. The zero-order valence-corrected chi connectivity index (χ0v) is 16.9. The van der Waals surface area contributed by atoms with Gasteiger partial charge < -0.3 is 19.1 Å². The lowest BCUT2D eigenvalue weighted by Gasteiger charge is -2.42.